The van der Waals surface area contributed by atoms with Gasteiger partial charge in [0.1, 0.15) is 17.7 Å². The van der Waals surface area contributed by atoms with Crippen molar-refractivity contribution in [3.05, 3.63) is 18.5 Å². The highest BCUT2D eigenvalue weighted by atomic mass is 19.3. The van der Waals surface area contributed by atoms with Crippen molar-refractivity contribution in [1.29, 1.82) is 0 Å². The predicted molar refractivity (Wildman–Crippen MR) is 84.1 cm³/mol. The van der Waals surface area contributed by atoms with Crippen LogP contribution in [0.1, 0.15) is 25.7 Å². The Morgan fingerprint density at radius 2 is 1.92 bits per heavy atom. The number of hydrogen-bond acceptors (Lipinski definition) is 7. The van der Waals surface area contributed by atoms with Crippen LogP contribution >= 0.6 is 0 Å². The lowest BCUT2D eigenvalue weighted by atomic mass is 10.0. The second kappa shape index (κ2) is 6.79. The summed E-state index contributed by atoms with van der Waals surface area (Å²) in [6, 6.07) is 2.40. The number of nitrogens with one attached hydrogen (secondary N) is 3. The molecule has 25 heavy (non-hydrogen) atoms. The number of nitrogens with zero attached hydrogens (tertiary/aromatic N) is 3. The molecule has 0 amide bonds. The van der Waals surface area contributed by atoms with Crippen LogP contribution in [-0.4, -0.2) is 45.0 Å². The van der Waals surface area contributed by atoms with Crippen LogP contribution in [0.4, 0.5) is 20.4 Å². The van der Waals surface area contributed by atoms with Gasteiger partial charge in [-0.3, -0.25) is 5.10 Å². The predicted octanol–water partition coefficient (Wildman–Crippen LogP) is 2.21. The molecule has 2 aliphatic rings. The molecule has 4 rings (SSSR count). The normalized spacial score (nSPS) is 25.2. The molecule has 0 radical (unpaired) electrons. The molecule has 2 atom stereocenters. The Morgan fingerprint density at radius 3 is 2.60 bits per heavy atom. The summed E-state index contributed by atoms with van der Waals surface area (Å²) in [5.74, 6) is 1.08. The van der Waals surface area contributed by atoms with Crippen molar-refractivity contribution >= 4 is 11.6 Å². The minimum absolute atomic E-state index is 0.161. The van der Waals surface area contributed by atoms with E-state index in [4.69, 9.17) is 4.74 Å². The third-order valence-electron chi connectivity index (χ3n) is 4.37. The van der Waals surface area contributed by atoms with Gasteiger partial charge in [-0.25, -0.2) is 9.97 Å². The van der Waals surface area contributed by atoms with E-state index >= 15 is 0 Å². The van der Waals surface area contributed by atoms with Crippen LogP contribution < -0.4 is 20.1 Å². The number of alkyl halides is 2. The molecular weight excluding hydrogens is 334 g/mol. The van der Waals surface area contributed by atoms with Crippen LogP contribution in [0.2, 0.25) is 0 Å². The monoisotopic (exact) mass is 352 g/mol. The smallest absolute Gasteiger partial charge is 0.388 e. The molecule has 0 saturated carbocycles. The summed E-state index contributed by atoms with van der Waals surface area (Å²) in [4.78, 5) is 8.45. The first kappa shape index (κ1) is 16.0. The van der Waals surface area contributed by atoms with Gasteiger partial charge in [0.15, 0.2) is 0 Å². The van der Waals surface area contributed by atoms with Gasteiger partial charge in [-0.2, -0.15) is 8.78 Å². The first-order chi connectivity index (χ1) is 12.1. The molecule has 10 heteroatoms. The summed E-state index contributed by atoms with van der Waals surface area (Å²) in [6.07, 6.45) is 7.60. The third kappa shape index (κ3) is 3.95. The molecule has 2 aliphatic heterocycles. The van der Waals surface area contributed by atoms with Gasteiger partial charge >= 0.3 is 6.61 Å². The molecular formula is C15H18F2N6O2. The molecule has 0 aliphatic carbocycles. The fourth-order valence-corrected chi connectivity index (χ4v) is 3.37. The summed E-state index contributed by atoms with van der Waals surface area (Å²) in [6.45, 7) is -2.92. The number of H-pyrrole nitrogens is 1. The van der Waals surface area contributed by atoms with Gasteiger partial charge in [0.05, 0.1) is 12.4 Å². The van der Waals surface area contributed by atoms with E-state index in [-0.39, 0.29) is 12.0 Å². The molecule has 2 saturated heterocycles. The van der Waals surface area contributed by atoms with Crippen LogP contribution in [-0.2, 0) is 0 Å². The maximum absolute atomic E-state index is 12.1. The van der Waals surface area contributed by atoms with Gasteiger partial charge in [0, 0.05) is 18.2 Å². The Hall–Kier alpha value is -2.49. The minimum Gasteiger partial charge on any atom is -0.473 e. The quantitative estimate of drug-likeness (QED) is 0.733. The topological polar surface area (TPSA) is 97.0 Å². The number of piperidine rings is 1. The number of aromatic nitrogens is 4. The van der Waals surface area contributed by atoms with Gasteiger partial charge in [-0.05, 0) is 25.7 Å². The van der Waals surface area contributed by atoms with Gasteiger partial charge < -0.3 is 20.1 Å². The first-order valence-corrected chi connectivity index (χ1v) is 8.16. The second-order valence-electron chi connectivity index (χ2n) is 6.21. The molecule has 8 nitrogen and oxygen atoms in total. The van der Waals surface area contributed by atoms with Crippen LogP contribution in [0.25, 0.3) is 0 Å². The standard InChI is InChI=1S/C15H18F2N6O2/c16-15(17)25-13-5-11(22-23-13)21-12-6-19-14(7-18-12)24-10-3-8-1-2-9(4-10)20-8/h5-10,15,20H,1-4H2,(H2,18,21,22,23). The summed E-state index contributed by atoms with van der Waals surface area (Å²) in [5, 5.41) is 12.6. The molecule has 134 valence electrons. The number of fused-ring (bicyclic) bond motifs is 2. The van der Waals surface area contributed by atoms with Crippen LogP contribution in [0.15, 0.2) is 18.5 Å². The van der Waals surface area contributed by atoms with Gasteiger partial charge in [0.25, 0.3) is 0 Å². The molecule has 2 fully saturated rings. The fourth-order valence-electron chi connectivity index (χ4n) is 3.37. The van der Waals surface area contributed by atoms with Crippen LogP contribution in [0.5, 0.6) is 11.8 Å². The Kier molecular flexibility index (Phi) is 4.35. The number of halogens is 2. The molecule has 2 aromatic heterocycles. The number of rotatable bonds is 6. The lowest BCUT2D eigenvalue weighted by molar-refractivity contribution is -0.0528. The maximum Gasteiger partial charge on any atom is 0.388 e. The largest absolute Gasteiger partial charge is 0.473 e. The van der Waals surface area contributed by atoms with E-state index in [0.29, 0.717) is 29.6 Å². The summed E-state index contributed by atoms with van der Waals surface area (Å²) >= 11 is 0. The van der Waals surface area contributed by atoms with Crippen molar-refractivity contribution in [2.75, 3.05) is 5.32 Å². The van der Waals surface area contributed by atoms with Crippen molar-refractivity contribution < 1.29 is 18.3 Å². The molecule has 2 bridgehead atoms. The molecule has 4 heterocycles. The van der Waals surface area contributed by atoms with Crippen LogP contribution in [0, 0.1) is 0 Å². The van der Waals surface area contributed by atoms with Gasteiger partial charge in [-0.1, -0.05) is 0 Å². The van der Waals surface area contributed by atoms with Crippen molar-refractivity contribution in [1.82, 2.24) is 25.5 Å². The van der Waals surface area contributed by atoms with E-state index in [2.05, 4.69) is 35.5 Å². The lowest BCUT2D eigenvalue weighted by Crippen LogP contribution is -2.42. The van der Waals surface area contributed by atoms with Crippen molar-refractivity contribution in [2.24, 2.45) is 0 Å². The zero-order valence-electron chi connectivity index (χ0n) is 13.3. The SMILES string of the molecule is FC(F)Oc1cc(Nc2cnc(OC3CC4CCC(C3)N4)cn2)[nH]n1. The Labute approximate surface area is 142 Å². The molecule has 0 aromatic carbocycles. The highest BCUT2D eigenvalue weighted by molar-refractivity contribution is 5.51. The Morgan fingerprint density at radius 1 is 1.12 bits per heavy atom. The fraction of sp³-hybridized carbons (Fsp3) is 0.533. The van der Waals surface area contributed by atoms with Crippen molar-refractivity contribution in [3.8, 4) is 11.8 Å². The van der Waals surface area contributed by atoms with E-state index in [9.17, 15) is 8.78 Å². The van der Waals surface area contributed by atoms with Gasteiger partial charge in [0.2, 0.25) is 11.8 Å². The lowest BCUT2D eigenvalue weighted by Gasteiger charge is -2.28. The zero-order valence-corrected chi connectivity index (χ0v) is 13.3. The molecule has 3 N–H and O–H groups in total. The third-order valence-corrected chi connectivity index (χ3v) is 4.37. The zero-order chi connectivity index (χ0) is 17.2. The van der Waals surface area contributed by atoms with Crippen LogP contribution in [0.3, 0.4) is 0 Å². The summed E-state index contributed by atoms with van der Waals surface area (Å²) in [5.41, 5.74) is 0. The number of hydrogen-bond donors (Lipinski definition) is 3. The van der Waals surface area contributed by atoms with E-state index in [1.807, 2.05) is 0 Å². The molecule has 2 aromatic rings. The average molecular weight is 352 g/mol. The summed E-state index contributed by atoms with van der Waals surface area (Å²) < 4.78 is 34.3. The molecule has 0 spiro atoms. The summed E-state index contributed by atoms with van der Waals surface area (Å²) in [7, 11) is 0. The minimum atomic E-state index is -2.92. The average Bonchev–Trinajstić information content (AvgIpc) is 3.15. The molecule has 2 unspecified atom stereocenters. The maximum atomic E-state index is 12.1. The van der Waals surface area contributed by atoms with Crippen molar-refractivity contribution in [3.63, 3.8) is 0 Å². The number of anilines is 2. The first-order valence-electron chi connectivity index (χ1n) is 8.16. The Bertz CT molecular complexity index is 698. The van der Waals surface area contributed by atoms with E-state index < -0.39 is 6.61 Å². The van der Waals surface area contributed by atoms with E-state index in [1.165, 1.54) is 25.1 Å². The number of ether oxygens (including phenoxy) is 2. The highest BCUT2D eigenvalue weighted by Gasteiger charge is 2.34. The van der Waals surface area contributed by atoms with E-state index in [1.54, 1.807) is 6.20 Å². The number of aromatic amines is 1. The van der Waals surface area contributed by atoms with Crippen molar-refractivity contribution in [2.45, 2.75) is 50.5 Å². The highest BCUT2D eigenvalue weighted by Crippen LogP contribution is 2.29. The second-order valence-corrected chi connectivity index (χ2v) is 6.21. The van der Waals surface area contributed by atoms with Gasteiger partial charge in [-0.15, -0.1) is 5.10 Å². The Balaban J connectivity index is 1.33. The van der Waals surface area contributed by atoms with E-state index in [0.717, 1.165) is 12.8 Å².